The molecule has 0 radical (unpaired) electrons. The maximum atomic E-state index is 13.1. The van der Waals surface area contributed by atoms with E-state index in [1.807, 2.05) is 4.72 Å². The molecule has 0 fully saturated rings. The Labute approximate surface area is 212 Å². The molecule has 2 heterocycles. The number of hydrogen-bond acceptors (Lipinski definition) is 10. The van der Waals surface area contributed by atoms with E-state index in [4.69, 9.17) is 17.5 Å². The normalized spacial score (nSPS) is 13.5. The van der Waals surface area contributed by atoms with E-state index in [2.05, 4.69) is 14.6 Å². The number of hydrogen-bond donors (Lipinski definition) is 3. The molecule has 0 aliphatic carbocycles. The van der Waals surface area contributed by atoms with Crippen LogP contribution in [0.4, 0.5) is 16.2 Å². The summed E-state index contributed by atoms with van der Waals surface area (Å²) in [6.45, 7) is 0. The van der Waals surface area contributed by atoms with E-state index in [-0.39, 0.29) is 26.3 Å². The molecule has 35 heavy (non-hydrogen) atoms. The molecule has 0 atom stereocenters. The predicted octanol–water partition coefficient (Wildman–Crippen LogP) is 3.47. The number of fused-ring (bicyclic) bond motifs is 1. The van der Waals surface area contributed by atoms with Crippen LogP contribution in [0.5, 0.6) is 0 Å². The second-order valence-corrected chi connectivity index (χ2v) is 11.3. The average Bonchev–Trinajstić information content (AvgIpc) is 3.26. The van der Waals surface area contributed by atoms with Crippen LogP contribution < -0.4 is 20.8 Å². The van der Waals surface area contributed by atoms with Crippen molar-refractivity contribution in [3.05, 3.63) is 70.1 Å². The van der Waals surface area contributed by atoms with E-state index in [0.717, 1.165) is 28.3 Å². The van der Waals surface area contributed by atoms with Crippen molar-refractivity contribution in [1.82, 2.24) is 4.72 Å². The van der Waals surface area contributed by atoms with Crippen molar-refractivity contribution < 1.29 is 32.1 Å². The van der Waals surface area contributed by atoms with Crippen LogP contribution in [0.3, 0.4) is 0 Å². The van der Waals surface area contributed by atoms with Crippen LogP contribution >= 0.6 is 35.0 Å². The summed E-state index contributed by atoms with van der Waals surface area (Å²) in [6, 6.07) is 12.3. The Morgan fingerprint density at radius 1 is 1.11 bits per heavy atom. The first kappa shape index (κ1) is 25.1. The van der Waals surface area contributed by atoms with Gasteiger partial charge in [-0.15, -0.1) is 20.7 Å². The molecule has 0 saturated heterocycles. The van der Waals surface area contributed by atoms with Crippen molar-refractivity contribution in [1.29, 1.82) is 0 Å². The first-order valence-electron chi connectivity index (χ1n) is 9.57. The van der Waals surface area contributed by atoms with Gasteiger partial charge < -0.3 is 5.32 Å². The molecule has 15 heteroatoms. The number of imide groups is 1. The third-order valence-corrected chi connectivity index (χ3v) is 8.35. The Morgan fingerprint density at radius 3 is 2.51 bits per heavy atom. The second-order valence-electron chi connectivity index (χ2n) is 6.94. The molecule has 1 aliphatic rings. The van der Waals surface area contributed by atoms with Gasteiger partial charge in [0.2, 0.25) is 5.91 Å². The SMILES string of the molecule is NOOSc1ccc2c(c1)C(=O)N(c1ccc(NC(=O)NS(=O)(=O)c3ccc(Cl)s3)cc1)C(=O)C2. The van der Waals surface area contributed by atoms with Crippen molar-refractivity contribution in [2.75, 3.05) is 10.2 Å². The zero-order valence-electron chi connectivity index (χ0n) is 17.4. The number of urea groups is 1. The van der Waals surface area contributed by atoms with Gasteiger partial charge >= 0.3 is 6.03 Å². The number of benzene rings is 2. The summed E-state index contributed by atoms with van der Waals surface area (Å²) in [6.07, 6.45) is 0.00721. The van der Waals surface area contributed by atoms with Crippen molar-refractivity contribution in [3.8, 4) is 0 Å². The lowest BCUT2D eigenvalue weighted by Gasteiger charge is -2.27. The summed E-state index contributed by atoms with van der Waals surface area (Å²) in [5.41, 5.74) is 1.39. The summed E-state index contributed by atoms with van der Waals surface area (Å²) in [5.74, 6) is 3.87. The number of sulfonamides is 1. The maximum absolute atomic E-state index is 13.1. The minimum atomic E-state index is -4.09. The van der Waals surface area contributed by atoms with Crippen molar-refractivity contribution in [2.45, 2.75) is 15.5 Å². The molecule has 4 amide bonds. The molecule has 0 unspecified atom stereocenters. The van der Waals surface area contributed by atoms with Crippen LogP contribution in [-0.4, -0.2) is 26.3 Å². The molecule has 182 valence electrons. The molecular weight excluding hydrogens is 540 g/mol. The molecule has 11 nitrogen and oxygen atoms in total. The Balaban J connectivity index is 1.47. The number of carbonyl (C=O) groups excluding carboxylic acids is 3. The van der Waals surface area contributed by atoms with Crippen molar-refractivity contribution in [3.63, 3.8) is 0 Å². The predicted molar refractivity (Wildman–Crippen MR) is 129 cm³/mol. The van der Waals surface area contributed by atoms with Crippen LogP contribution in [0.2, 0.25) is 4.34 Å². The smallest absolute Gasteiger partial charge is 0.307 e. The summed E-state index contributed by atoms with van der Waals surface area (Å²) in [4.78, 5) is 43.5. The molecule has 0 bridgehead atoms. The maximum Gasteiger partial charge on any atom is 0.333 e. The summed E-state index contributed by atoms with van der Waals surface area (Å²) in [5, 5.41) is 2.39. The van der Waals surface area contributed by atoms with E-state index < -0.39 is 27.9 Å². The summed E-state index contributed by atoms with van der Waals surface area (Å²) < 4.78 is 31.1. The first-order valence-corrected chi connectivity index (χ1v) is 13.0. The lowest BCUT2D eigenvalue weighted by molar-refractivity contribution is -0.195. The van der Waals surface area contributed by atoms with E-state index >= 15 is 0 Å². The summed E-state index contributed by atoms with van der Waals surface area (Å²) >= 11 is 7.36. The topological polar surface area (TPSA) is 157 Å². The Bertz CT molecular complexity index is 1410. The quantitative estimate of drug-likeness (QED) is 0.172. The summed E-state index contributed by atoms with van der Waals surface area (Å²) in [7, 11) is -4.09. The number of halogens is 1. The highest BCUT2D eigenvalue weighted by molar-refractivity contribution is 7.94. The molecule has 2 aromatic carbocycles. The average molecular weight is 555 g/mol. The lowest BCUT2D eigenvalue weighted by Crippen LogP contribution is -2.42. The molecule has 4 rings (SSSR count). The minimum Gasteiger partial charge on any atom is -0.307 e. The number of anilines is 2. The van der Waals surface area contributed by atoms with Crippen LogP contribution in [0.15, 0.2) is 63.7 Å². The zero-order chi connectivity index (χ0) is 25.2. The van der Waals surface area contributed by atoms with E-state index in [1.165, 1.54) is 36.4 Å². The van der Waals surface area contributed by atoms with E-state index in [9.17, 15) is 22.8 Å². The van der Waals surface area contributed by atoms with Gasteiger partial charge in [-0.2, -0.15) is 5.90 Å². The molecule has 4 N–H and O–H groups in total. The van der Waals surface area contributed by atoms with Gasteiger partial charge in [-0.05, 0) is 54.1 Å². The lowest BCUT2D eigenvalue weighted by atomic mass is 9.98. The van der Waals surface area contributed by atoms with Gasteiger partial charge in [0.05, 0.1) is 28.5 Å². The number of nitrogens with one attached hydrogen (secondary N) is 2. The number of amides is 4. The van der Waals surface area contributed by atoms with E-state index in [0.29, 0.717) is 16.0 Å². The van der Waals surface area contributed by atoms with Gasteiger partial charge in [-0.3, -0.25) is 9.59 Å². The number of rotatable bonds is 7. The van der Waals surface area contributed by atoms with Crippen LogP contribution in [0, 0.1) is 0 Å². The number of carbonyl (C=O) groups is 3. The Hall–Kier alpha value is -2.98. The standard InChI is InChI=1S/C20H15ClN4O7S3/c21-16-7-8-18(33-16)35(29,30)24-20(28)23-12-2-4-13(5-3-12)25-17(26)9-11-1-6-14(34-32-31-22)10-15(11)19(25)27/h1-8,10H,9,22H2,(H2,23,24,28). The highest BCUT2D eigenvalue weighted by atomic mass is 35.5. The van der Waals surface area contributed by atoms with Gasteiger partial charge in [-0.1, -0.05) is 17.7 Å². The number of thiophene rings is 1. The van der Waals surface area contributed by atoms with Crippen molar-refractivity contribution >= 4 is 74.2 Å². The third kappa shape index (κ3) is 5.65. The minimum absolute atomic E-state index is 0.00721. The molecule has 0 saturated carbocycles. The molecule has 1 aromatic heterocycles. The highest BCUT2D eigenvalue weighted by Crippen LogP contribution is 2.30. The van der Waals surface area contributed by atoms with Gasteiger partial charge in [0.1, 0.15) is 4.21 Å². The second kappa shape index (κ2) is 10.3. The molecule has 1 aliphatic heterocycles. The Kier molecular flexibility index (Phi) is 7.42. The largest absolute Gasteiger partial charge is 0.333 e. The van der Waals surface area contributed by atoms with Gasteiger partial charge in [0, 0.05) is 16.1 Å². The zero-order valence-corrected chi connectivity index (χ0v) is 20.6. The van der Waals surface area contributed by atoms with Gasteiger partial charge in [0.25, 0.3) is 15.9 Å². The van der Waals surface area contributed by atoms with Crippen LogP contribution in [0.25, 0.3) is 0 Å². The van der Waals surface area contributed by atoms with Crippen molar-refractivity contribution in [2.24, 2.45) is 5.90 Å². The Morgan fingerprint density at radius 2 is 1.86 bits per heavy atom. The highest BCUT2D eigenvalue weighted by Gasteiger charge is 2.32. The fourth-order valence-electron chi connectivity index (χ4n) is 3.22. The fraction of sp³-hybridized carbons (Fsp3) is 0.0500. The molecular formula is C20H15ClN4O7S3. The van der Waals surface area contributed by atoms with Crippen LogP contribution in [0.1, 0.15) is 15.9 Å². The van der Waals surface area contributed by atoms with Gasteiger partial charge in [-0.25, -0.2) is 22.8 Å². The monoisotopic (exact) mass is 554 g/mol. The number of nitrogens with zero attached hydrogens (tertiary/aromatic N) is 1. The van der Waals surface area contributed by atoms with E-state index in [1.54, 1.807) is 18.2 Å². The number of nitrogens with two attached hydrogens (primary N) is 1. The fourth-order valence-corrected chi connectivity index (χ4v) is 6.02. The molecule has 3 aromatic rings. The third-order valence-electron chi connectivity index (χ3n) is 4.70. The molecule has 0 spiro atoms. The van der Waals surface area contributed by atoms with Gasteiger partial charge in [0.15, 0.2) is 0 Å². The van der Waals surface area contributed by atoms with Crippen LogP contribution in [-0.2, 0) is 30.6 Å². The first-order chi connectivity index (χ1) is 16.7.